The molecule has 0 aliphatic rings. The van der Waals surface area contributed by atoms with E-state index < -0.39 is 5.91 Å². The van der Waals surface area contributed by atoms with Gasteiger partial charge in [-0.1, -0.05) is 0 Å². The Labute approximate surface area is 110 Å². The van der Waals surface area contributed by atoms with Crippen molar-refractivity contribution in [3.8, 4) is 5.69 Å². The first kappa shape index (κ1) is 13.7. The van der Waals surface area contributed by atoms with E-state index in [0.717, 1.165) is 5.69 Å². The van der Waals surface area contributed by atoms with Crippen LogP contribution in [-0.4, -0.2) is 21.4 Å². The van der Waals surface area contributed by atoms with Gasteiger partial charge in [-0.3, -0.25) is 9.78 Å². The van der Waals surface area contributed by atoms with Crippen molar-refractivity contribution in [2.75, 3.05) is 0 Å². The van der Waals surface area contributed by atoms with Gasteiger partial charge in [0.25, 0.3) is 5.91 Å². The number of nitrogens with zero attached hydrogens (tertiary/aromatic N) is 3. The molecule has 0 spiro atoms. The number of rotatable bonds is 2. The maximum Gasteiger partial charge on any atom is 0.298 e. The quantitative estimate of drug-likeness (QED) is 0.617. The zero-order valence-corrected chi connectivity index (χ0v) is 10.2. The molecule has 2 rings (SSSR count). The molecule has 0 aromatic carbocycles. The van der Waals surface area contributed by atoms with Gasteiger partial charge < -0.3 is 16.0 Å². The van der Waals surface area contributed by atoms with Gasteiger partial charge in [-0.05, 0) is 24.3 Å². The molecule has 0 aliphatic heterocycles. The van der Waals surface area contributed by atoms with E-state index in [1.807, 2.05) is 29.1 Å². The van der Waals surface area contributed by atoms with Gasteiger partial charge in [0.2, 0.25) is 0 Å². The smallest absolute Gasteiger partial charge is 0.298 e. The summed E-state index contributed by atoms with van der Waals surface area (Å²) in [6, 6.07) is 7.18. The van der Waals surface area contributed by atoms with Crippen molar-refractivity contribution in [1.29, 1.82) is 0 Å². The van der Waals surface area contributed by atoms with Crippen LogP contribution in [0, 0.1) is 0 Å². The third kappa shape index (κ3) is 3.08. The summed E-state index contributed by atoms with van der Waals surface area (Å²) in [7, 11) is 0. The number of carbonyl (C=O) groups excluding carboxylic acids is 1. The van der Waals surface area contributed by atoms with Crippen molar-refractivity contribution in [2.45, 2.75) is 0 Å². The Balaban J connectivity index is 0.00000162. The zero-order valence-electron chi connectivity index (χ0n) is 9.35. The molecule has 2 aromatic heterocycles. The second-order valence-electron chi connectivity index (χ2n) is 3.33. The Hall–Kier alpha value is -2.34. The van der Waals surface area contributed by atoms with Gasteiger partial charge in [0.1, 0.15) is 5.69 Å². The Bertz CT molecular complexity index is 561. The summed E-state index contributed by atoms with van der Waals surface area (Å²) in [5, 5.41) is 0. The maximum atomic E-state index is 11.6. The normalized spacial score (nSPS) is 9.33. The summed E-state index contributed by atoms with van der Waals surface area (Å²) in [4.78, 5) is 18.9. The standard InChI is InChI=1S/C11H11N5O.ClH/c12-11(13)15-10(17)9-7-8(3-4-14-9)16-5-1-2-6-16;/h1-7H,(H4,12,13,15,17);1H. The monoisotopic (exact) mass is 265 g/mol. The molecule has 6 nitrogen and oxygen atoms in total. The van der Waals surface area contributed by atoms with E-state index in [0.29, 0.717) is 0 Å². The molecule has 18 heavy (non-hydrogen) atoms. The van der Waals surface area contributed by atoms with E-state index in [9.17, 15) is 4.79 Å². The number of hydrogen-bond donors (Lipinski definition) is 2. The number of pyridine rings is 1. The average molecular weight is 266 g/mol. The molecular weight excluding hydrogens is 254 g/mol. The van der Waals surface area contributed by atoms with Crippen LogP contribution in [0.4, 0.5) is 0 Å². The molecule has 0 unspecified atom stereocenters. The fourth-order valence-corrected chi connectivity index (χ4v) is 1.38. The van der Waals surface area contributed by atoms with Crippen LogP contribution >= 0.6 is 12.4 Å². The minimum absolute atomic E-state index is 0. The molecule has 7 heteroatoms. The van der Waals surface area contributed by atoms with Crippen LogP contribution in [0.15, 0.2) is 47.8 Å². The summed E-state index contributed by atoms with van der Waals surface area (Å²) in [6.45, 7) is 0. The number of amides is 1. The number of aliphatic imine (C=N–C) groups is 1. The summed E-state index contributed by atoms with van der Waals surface area (Å²) >= 11 is 0. The minimum atomic E-state index is -0.556. The van der Waals surface area contributed by atoms with Crippen LogP contribution in [0.5, 0.6) is 0 Å². The molecule has 2 aromatic rings. The number of hydrogen-bond acceptors (Lipinski definition) is 2. The molecule has 94 valence electrons. The van der Waals surface area contributed by atoms with E-state index in [1.165, 1.54) is 6.20 Å². The molecule has 0 fully saturated rings. The lowest BCUT2D eigenvalue weighted by atomic mass is 10.3. The van der Waals surface area contributed by atoms with Crippen LogP contribution in [0.25, 0.3) is 5.69 Å². The Morgan fingerprint density at radius 1 is 1.28 bits per heavy atom. The highest BCUT2D eigenvalue weighted by molar-refractivity contribution is 6.00. The van der Waals surface area contributed by atoms with Crippen molar-refractivity contribution in [3.05, 3.63) is 48.5 Å². The molecular formula is C11H12ClN5O. The van der Waals surface area contributed by atoms with Crippen LogP contribution in [0.2, 0.25) is 0 Å². The molecule has 0 saturated heterocycles. The second kappa shape index (κ2) is 5.83. The third-order valence-corrected chi connectivity index (χ3v) is 2.10. The Kier molecular flexibility index (Phi) is 4.45. The third-order valence-electron chi connectivity index (χ3n) is 2.10. The lowest BCUT2D eigenvalue weighted by Gasteiger charge is -2.03. The molecule has 2 heterocycles. The molecule has 0 atom stereocenters. The van der Waals surface area contributed by atoms with E-state index in [-0.39, 0.29) is 24.1 Å². The molecule has 1 amide bonds. The molecule has 4 N–H and O–H groups in total. The van der Waals surface area contributed by atoms with Crippen LogP contribution in [0.3, 0.4) is 0 Å². The highest BCUT2D eigenvalue weighted by Crippen LogP contribution is 2.09. The summed E-state index contributed by atoms with van der Waals surface area (Å²) in [5.74, 6) is -0.831. The van der Waals surface area contributed by atoms with Crippen LogP contribution in [0.1, 0.15) is 10.5 Å². The summed E-state index contributed by atoms with van der Waals surface area (Å²) < 4.78 is 1.86. The lowest BCUT2D eigenvalue weighted by molar-refractivity contribution is 0.0998. The van der Waals surface area contributed by atoms with Gasteiger partial charge in [0, 0.05) is 24.3 Å². The number of halogens is 1. The van der Waals surface area contributed by atoms with Gasteiger partial charge in [-0.25, -0.2) is 0 Å². The molecule has 0 aliphatic carbocycles. The van der Waals surface area contributed by atoms with Crippen LogP contribution < -0.4 is 11.5 Å². The Morgan fingerprint density at radius 3 is 2.56 bits per heavy atom. The Morgan fingerprint density at radius 2 is 1.94 bits per heavy atom. The van der Waals surface area contributed by atoms with Crippen molar-refractivity contribution in [3.63, 3.8) is 0 Å². The predicted octanol–water partition coefficient (Wildman–Crippen LogP) is 0.708. The van der Waals surface area contributed by atoms with Crippen molar-refractivity contribution in [2.24, 2.45) is 16.5 Å². The van der Waals surface area contributed by atoms with Crippen LogP contribution in [-0.2, 0) is 0 Å². The van der Waals surface area contributed by atoms with Gasteiger partial charge in [0.15, 0.2) is 5.96 Å². The highest BCUT2D eigenvalue weighted by atomic mass is 35.5. The second-order valence-corrected chi connectivity index (χ2v) is 3.33. The summed E-state index contributed by atoms with van der Waals surface area (Å²) in [6.07, 6.45) is 5.26. The van der Waals surface area contributed by atoms with Gasteiger partial charge >= 0.3 is 0 Å². The van der Waals surface area contributed by atoms with E-state index >= 15 is 0 Å². The zero-order chi connectivity index (χ0) is 12.3. The largest absolute Gasteiger partial charge is 0.370 e. The van der Waals surface area contributed by atoms with Crippen molar-refractivity contribution in [1.82, 2.24) is 9.55 Å². The first-order valence-corrected chi connectivity index (χ1v) is 4.90. The first-order valence-electron chi connectivity index (χ1n) is 4.90. The molecule has 0 saturated carbocycles. The van der Waals surface area contributed by atoms with E-state index in [4.69, 9.17) is 11.5 Å². The average Bonchev–Trinajstić information content (AvgIpc) is 2.82. The van der Waals surface area contributed by atoms with Gasteiger partial charge in [-0.15, -0.1) is 12.4 Å². The fraction of sp³-hybridized carbons (Fsp3) is 0. The van der Waals surface area contributed by atoms with Gasteiger partial charge in [0.05, 0.1) is 0 Å². The van der Waals surface area contributed by atoms with E-state index in [2.05, 4.69) is 9.98 Å². The molecule has 0 bridgehead atoms. The van der Waals surface area contributed by atoms with Gasteiger partial charge in [-0.2, -0.15) is 4.99 Å². The number of aromatic nitrogens is 2. The van der Waals surface area contributed by atoms with Crippen molar-refractivity contribution >= 4 is 24.3 Å². The number of guanidine groups is 1. The number of nitrogens with two attached hydrogens (primary N) is 2. The van der Waals surface area contributed by atoms with Crippen molar-refractivity contribution < 1.29 is 4.79 Å². The molecule has 0 radical (unpaired) electrons. The maximum absolute atomic E-state index is 11.6. The summed E-state index contributed by atoms with van der Waals surface area (Å²) in [5.41, 5.74) is 11.3. The highest BCUT2D eigenvalue weighted by Gasteiger charge is 2.07. The fourth-order valence-electron chi connectivity index (χ4n) is 1.38. The predicted molar refractivity (Wildman–Crippen MR) is 71.0 cm³/mol. The van der Waals surface area contributed by atoms with E-state index in [1.54, 1.807) is 12.1 Å². The first-order chi connectivity index (χ1) is 8.16. The minimum Gasteiger partial charge on any atom is -0.370 e. The number of carbonyl (C=O) groups is 1. The topological polar surface area (TPSA) is 99.3 Å². The lowest BCUT2D eigenvalue weighted by Crippen LogP contribution is -2.24. The SMILES string of the molecule is Cl.NC(N)=NC(=O)c1cc(-n2cccc2)ccn1.